The van der Waals surface area contributed by atoms with Gasteiger partial charge in [0.25, 0.3) is 5.91 Å². The van der Waals surface area contributed by atoms with Gasteiger partial charge in [-0.2, -0.15) is 0 Å². The topological polar surface area (TPSA) is 38.8 Å². The highest BCUT2D eigenvalue weighted by Gasteiger charge is 2.30. The molecular formula is C23H24FNO3S. The molecule has 1 unspecified atom stereocenters. The van der Waals surface area contributed by atoms with Crippen LogP contribution in [0.25, 0.3) is 4.91 Å². The van der Waals surface area contributed by atoms with E-state index in [1.807, 2.05) is 36.4 Å². The fraction of sp³-hybridized carbons (Fsp3) is 0.348. The third-order valence-corrected chi connectivity index (χ3v) is 6.09. The molecule has 0 aliphatic carbocycles. The van der Waals surface area contributed by atoms with E-state index in [1.165, 1.54) is 12.1 Å². The summed E-state index contributed by atoms with van der Waals surface area (Å²) in [7, 11) is 0. The molecule has 2 aromatic carbocycles. The zero-order valence-corrected chi connectivity index (χ0v) is 17.0. The van der Waals surface area contributed by atoms with Gasteiger partial charge in [0.1, 0.15) is 5.82 Å². The van der Waals surface area contributed by atoms with Crippen LogP contribution in [-0.2, 0) is 20.8 Å². The van der Waals surface area contributed by atoms with Gasteiger partial charge < -0.3 is 14.4 Å². The molecule has 1 fully saturated rings. The number of ether oxygens (including phenoxy) is 2. The lowest BCUT2D eigenvalue weighted by Crippen LogP contribution is -2.39. The zero-order chi connectivity index (χ0) is 20.1. The first-order chi connectivity index (χ1) is 14.2. The minimum atomic E-state index is -0.305. The lowest BCUT2D eigenvalue weighted by Gasteiger charge is -2.29. The summed E-state index contributed by atoms with van der Waals surface area (Å²) in [5.41, 5.74) is 1.73. The molecule has 2 heterocycles. The number of carbonyl (C=O) groups excluding carboxylic acids is 1. The Morgan fingerprint density at radius 3 is 2.76 bits per heavy atom. The molecule has 0 radical (unpaired) electrons. The number of benzene rings is 2. The van der Waals surface area contributed by atoms with E-state index in [2.05, 4.69) is 0 Å². The Balaban J connectivity index is 1.64. The van der Waals surface area contributed by atoms with Crippen molar-refractivity contribution in [2.75, 3.05) is 25.5 Å². The van der Waals surface area contributed by atoms with Crippen LogP contribution < -0.4 is 0 Å². The Hall–Kier alpha value is -2.31. The van der Waals surface area contributed by atoms with E-state index in [0.29, 0.717) is 25.5 Å². The summed E-state index contributed by atoms with van der Waals surface area (Å²) >= 11 is 1.64. The predicted molar refractivity (Wildman–Crippen MR) is 113 cm³/mol. The molecule has 0 N–H and O–H groups in total. The van der Waals surface area contributed by atoms with Crippen molar-refractivity contribution in [3.05, 3.63) is 77.3 Å². The van der Waals surface area contributed by atoms with Gasteiger partial charge in [0, 0.05) is 25.4 Å². The van der Waals surface area contributed by atoms with Crippen molar-refractivity contribution in [2.45, 2.75) is 25.5 Å². The van der Waals surface area contributed by atoms with Crippen LogP contribution in [0.3, 0.4) is 0 Å². The van der Waals surface area contributed by atoms with Crippen LogP contribution in [0.1, 0.15) is 24.0 Å². The second-order valence-corrected chi connectivity index (χ2v) is 8.28. The molecule has 1 amide bonds. The van der Waals surface area contributed by atoms with E-state index < -0.39 is 0 Å². The number of carbonyl (C=O) groups is 1. The minimum absolute atomic E-state index is 0.00419. The molecule has 6 heteroatoms. The molecule has 0 saturated carbocycles. The Kier molecular flexibility index (Phi) is 6.52. The summed E-state index contributed by atoms with van der Waals surface area (Å²) in [6.45, 7) is 2.00. The average Bonchev–Trinajstić information content (AvgIpc) is 3.27. The number of hydrogen-bond acceptors (Lipinski definition) is 4. The first kappa shape index (κ1) is 20.0. The SMILES string of the molecule is O=C(C1=C(c2ccccc2)SCCO1)N(Cc1cccc(F)c1)CC1CCCO1. The lowest BCUT2D eigenvalue weighted by atomic mass is 10.1. The fourth-order valence-corrected chi connectivity index (χ4v) is 4.58. The maximum Gasteiger partial charge on any atom is 0.290 e. The van der Waals surface area contributed by atoms with E-state index in [0.717, 1.165) is 41.2 Å². The molecule has 0 spiro atoms. The molecule has 1 atom stereocenters. The first-order valence-corrected chi connectivity index (χ1v) is 10.9. The second-order valence-electron chi connectivity index (χ2n) is 7.17. The molecule has 0 bridgehead atoms. The van der Waals surface area contributed by atoms with Crippen LogP contribution >= 0.6 is 11.8 Å². The second kappa shape index (κ2) is 9.46. The number of hydrogen-bond donors (Lipinski definition) is 0. The first-order valence-electron chi connectivity index (χ1n) is 9.91. The molecule has 0 aromatic heterocycles. The van der Waals surface area contributed by atoms with E-state index in [9.17, 15) is 9.18 Å². The van der Waals surface area contributed by atoms with Gasteiger partial charge >= 0.3 is 0 Å². The molecule has 2 aliphatic heterocycles. The molecular weight excluding hydrogens is 389 g/mol. The van der Waals surface area contributed by atoms with Crippen molar-refractivity contribution in [3.63, 3.8) is 0 Å². The minimum Gasteiger partial charge on any atom is -0.486 e. The molecule has 2 aromatic rings. The Morgan fingerprint density at radius 2 is 2.00 bits per heavy atom. The van der Waals surface area contributed by atoms with Crippen molar-refractivity contribution in [2.24, 2.45) is 0 Å². The Labute approximate surface area is 174 Å². The summed E-state index contributed by atoms with van der Waals surface area (Å²) in [5.74, 6) is 0.703. The van der Waals surface area contributed by atoms with Crippen LogP contribution in [0.5, 0.6) is 0 Å². The lowest BCUT2D eigenvalue weighted by molar-refractivity contribution is -0.132. The normalized spacial score (nSPS) is 19.1. The highest BCUT2D eigenvalue weighted by Crippen LogP contribution is 2.35. The quantitative estimate of drug-likeness (QED) is 0.701. The molecule has 2 aliphatic rings. The number of halogens is 1. The summed E-state index contributed by atoms with van der Waals surface area (Å²) in [6.07, 6.45) is 1.92. The van der Waals surface area contributed by atoms with Gasteiger partial charge in [-0.3, -0.25) is 4.79 Å². The molecule has 152 valence electrons. The maximum atomic E-state index is 13.7. The molecule has 4 rings (SSSR count). The van der Waals surface area contributed by atoms with Gasteiger partial charge in [0.15, 0.2) is 5.76 Å². The van der Waals surface area contributed by atoms with Crippen LogP contribution in [0.2, 0.25) is 0 Å². The number of amides is 1. The van der Waals surface area contributed by atoms with Crippen molar-refractivity contribution in [1.29, 1.82) is 0 Å². The van der Waals surface area contributed by atoms with Crippen LogP contribution in [0.15, 0.2) is 60.4 Å². The van der Waals surface area contributed by atoms with Gasteiger partial charge in [-0.1, -0.05) is 42.5 Å². The largest absolute Gasteiger partial charge is 0.486 e. The summed E-state index contributed by atoms with van der Waals surface area (Å²) in [4.78, 5) is 16.1. The van der Waals surface area contributed by atoms with E-state index in [1.54, 1.807) is 22.7 Å². The van der Waals surface area contributed by atoms with E-state index in [-0.39, 0.29) is 17.8 Å². The Morgan fingerprint density at radius 1 is 1.14 bits per heavy atom. The zero-order valence-electron chi connectivity index (χ0n) is 16.2. The van der Waals surface area contributed by atoms with Crippen LogP contribution in [0, 0.1) is 5.82 Å². The van der Waals surface area contributed by atoms with Gasteiger partial charge in [0.05, 0.1) is 17.6 Å². The highest BCUT2D eigenvalue weighted by molar-refractivity contribution is 8.08. The maximum absolute atomic E-state index is 13.7. The number of rotatable bonds is 6. The van der Waals surface area contributed by atoms with Crippen molar-refractivity contribution in [1.82, 2.24) is 4.90 Å². The molecule has 1 saturated heterocycles. The summed E-state index contributed by atoms with van der Waals surface area (Å²) in [5, 5.41) is 0. The standard InChI is InChI=1S/C23H24FNO3S/c24-19-9-4-6-17(14-19)15-25(16-20-10-5-11-27-20)23(26)21-22(29-13-12-28-21)18-7-2-1-3-8-18/h1-4,6-9,14,20H,5,10-13,15-16H2. The van der Waals surface area contributed by atoms with E-state index >= 15 is 0 Å². The van der Waals surface area contributed by atoms with Crippen LogP contribution in [0.4, 0.5) is 4.39 Å². The number of thioether (sulfide) groups is 1. The third kappa shape index (κ3) is 5.00. The monoisotopic (exact) mass is 413 g/mol. The summed E-state index contributed by atoms with van der Waals surface area (Å²) in [6, 6.07) is 16.2. The van der Waals surface area contributed by atoms with Crippen molar-refractivity contribution in [3.8, 4) is 0 Å². The van der Waals surface area contributed by atoms with Gasteiger partial charge in [-0.05, 0) is 36.1 Å². The predicted octanol–water partition coefficient (Wildman–Crippen LogP) is 4.47. The number of nitrogens with zero attached hydrogens (tertiary/aromatic N) is 1. The van der Waals surface area contributed by atoms with Crippen molar-refractivity contribution < 1.29 is 18.7 Å². The third-order valence-electron chi connectivity index (χ3n) is 5.01. The van der Waals surface area contributed by atoms with E-state index in [4.69, 9.17) is 9.47 Å². The summed E-state index contributed by atoms with van der Waals surface area (Å²) < 4.78 is 25.3. The molecule has 29 heavy (non-hydrogen) atoms. The van der Waals surface area contributed by atoms with Crippen LogP contribution in [-0.4, -0.2) is 42.4 Å². The highest BCUT2D eigenvalue weighted by atomic mass is 32.2. The van der Waals surface area contributed by atoms with Gasteiger partial charge in [0.2, 0.25) is 0 Å². The van der Waals surface area contributed by atoms with Gasteiger partial charge in [-0.25, -0.2) is 4.39 Å². The molecule has 4 nitrogen and oxygen atoms in total. The average molecular weight is 414 g/mol. The fourth-order valence-electron chi connectivity index (χ4n) is 3.63. The Bertz CT molecular complexity index is 881. The van der Waals surface area contributed by atoms with Crippen molar-refractivity contribution >= 4 is 22.6 Å². The smallest absolute Gasteiger partial charge is 0.290 e. The van der Waals surface area contributed by atoms with Gasteiger partial charge in [-0.15, -0.1) is 11.8 Å².